The van der Waals surface area contributed by atoms with Gasteiger partial charge in [-0.05, 0) is 118 Å². The van der Waals surface area contributed by atoms with Gasteiger partial charge in [-0.25, -0.2) is 4.98 Å². The van der Waals surface area contributed by atoms with Crippen molar-refractivity contribution in [2.24, 2.45) is 0 Å². The van der Waals surface area contributed by atoms with Crippen molar-refractivity contribution in [1.82, 2.24) is 18.7 Å². The van der Waals surface area contributed by atoms with E-state index in [0.717, 1.165) is 117 Å². The van der Waals surface area contributed by atoms with Crippen LogP contribution >= 0.6 is 0 Å². The number of rotatable bonds is 10. The Balaban J connectivity index is 1.06. The largest absolute Gasteiger partial charge is 0.309 e. The topological polar surface area (TPSA) is 27.7 Å². The third kappa shape index (κ3) is 8.33. The van der Waals surface area contributed by atoms with Crippen LogP contribution in [-0.4, -0.2) is 18.7 Å². The summed E-state index contributed by atoms with van der Waals surface area (Å²) >= 11 is 0. The molecule has 406 valence electrons. The Kier molecular flexibility index (Phi) is 11.9. The van der Waals surface area contributed by atoms with E-state index in [1.54, 1.807) is 0 Å². The number of para-hydroxylation sites is 6. The molecule has 4 heteroatoms. The lowest BCUT2D eigenvalue weighted by Crippen LogP contribution is -2.06. The molecule has 0 aliphatic rings. The lowest BCUT2D eigenvalue weighted by molar-refractivity contribution is 1.15. The smallest absolute Gasteiger partial charge is 0.0716 e. The van der Waals surface area contributed by atoms with Crippen molar-refractivity contribution in [1.29, 1.82) is 0 Å². The first kappa shape index (κ1) is 50.0. The van der Waals surface area contributed by atoms with Crippen molar-refractivity contribution in [2.45, 2.75) is 0 Å². The molecule has 17 rings (SSSR count). The predicted octanol–water partition coefficient (Wildman–Crippen LogP) is 22.0. The van der Waals surface area contributed by atoms with E-state index in [1.807, 2.05) is 0 Å². The third-order valence-corrected chi connectivity index (χ3v) is 17.6. The number of aromatic nitrogens is 4. The summed E-state index contributed by atoms with van der Waals surface area (Å²) in [5, 5.41) is 7.16. The van der Waals surface area contributed by atoms with Crippen molar-refractivity contribution in [2.75, 3.05) is 0 Å². The molecule has 17 aromatic rings. The molecule has 0 aliphatic carbocycles. The lowest BCUT2D eigenvalue weighted by Gasteiger charge is -2.24. The van der Waals surface area contributed by atoms with E-state index in [-0.39, 0.29) is 0 Å². The Labute approximate surface area is 504 Å². The summed E-state index contributed by atoms with van der Waals surface area (Å²) in [6.45, 7) is 0. The number of nitrogens with zero attached hydrogens (tertiary/aromatic N) is 4. The van der Waals surface area contributed by atoms with Gasteiger partial charge in [-0.3, -0.25) is 0 Å². The second-order valence-corrected chi connectivity index (χ2v) is 22.6. The summed E-state index contributed by atoms with van der Waals surface area (Å²) in [5.74, 6) is 0. The van der Waals surface area contributed by atoms with Crippen LogP contribution < -0.4 is 0 Å². The quantitative estimate of drug-likeness (QED) is 0.134. The van der Waals surface area contributed by atoms with Crippen molar-refractivity contribution in [3.8, 4) is 95.2 Å². The van der Waals surface area contributed by atoms with Gasteiger partial charge >= 0.3 is 0 Å². The second-order valence-electron chi connectivity index (χ2n) is 22.6. The molecular formula is C83H54N4. The minimum atomic E-state index is 0.871. The fourth-order valence-electron chi connectivity index (χ4n) is 13.7. The first-order valence-electron chi connectivity index (χ1n) is 29.9. The molecule has 87 heavy (non-hydrogen) atoms. The Hall–Kier alpha value is -11.6. The summed E-state index contributed by atoms with van der Waals surface area (Å²) in [6, 6.07) is 120. The van der Waals surface area contributed by atoms with Gasteiger partial charge in [-0.1, -0.05) is 243 Å². The highest BCUT2D eigenvalue weighted by atomic mass is 15.0. The van der Waals surface area contributed by atoms with Gasteiger partial charge in [0, 0.05) is 65.7 Å². The highest BCUT2D eigenvalue weighted by Gasteiger charge is 2.28. The van der Waals surface area contributed by atoms with E-state index >= 15 is 0 Å². The van der Waals surface area contributed by atoms with Gasteiger partial charge in [0.2, 0.25) is 0 Å². The molecule has 0 unspecified atom stereocenters. The number of hydrogen-bond acceptors (Lipinski definition) is 1. The normalized spacial score (nSPS) is 11.7. The van der Waals surface area contributed by atoms with Gasteiger partial charge in [0.05, 0.1) is 61.6 Å². The molecule has 0 aliphatic heterocycles. The van der Waals surface area contributed by atoms with Crippen LogP contribution in [0.25, 0.3) is 161 Å². The van der Waals surface area contributed by atoms with E-state index in [1.165, 1.54) is 43.4 Å². The van der Waals surface area contributed by atoms with Crippen molar-refractivity contribution in [3.63, 3.8) is 0 Å². The lowest BCUT2D eigenvalue weighted by atomic mass is 9.89. The minimum absolute atomic E-state index is 0.871. The van der Waals surface area contributed by atoms with Crippen LogP contribution in [0, 0.1) is 0 Å². The average molecular weight is 1110 g/mol. The minimum Gasteiger partial charge on any atom is -0.309 e. The first-order chi connectivity index (χ1) is 43.2. The van der Waals surface area contributed by atoms with Crippen LogP contribution in [0.2, 0.25) is 0 Å². The van der Waals surface area contributed by atoms with E-state index in [9.17, 15) is 0 Å². The second kappa shape index (κ2) is 20.6. The summed E-state index contributed by atoms with van der Waals surface area (Å²) in [5.41, 5.74) is 25.0. The van der Waals surface area contributed by atoms with E-state index < -0.39 is 0 Å². The Morgan fingerprint density at radius 3 is 0.920 bits per heavy atom. The van der Waals surface area contributed by atoms with Gasteiger partial charge in [0.1, 0.15) is 0 Å². The van der Waals surface area contributed by atoms with Gasteiger partial charge < -0.3 is 13.7 Å². The van der Waals surface area contributed by atoms with Gasteiger partial charge in [-0.2, -0.15) is 0 Å². The number of hydrogen-bond donors (Lipinski definition) is 0. The maximum absolute atomic E-state index is 5.73. The van der Waals surface area contributed by atoms with Crippen LogP contribution in [0.1, 0.15) is 0 Å². The van der Waals surface area contributed by atoms with Crippen LogP contribution in [0.3, 0.4) is 0 Å². The number of pyridine rings is 1. The third-order valence-electron chi connectivity index (χ3n) is 17.6. The molecule has 0 radical (unpaired) electrons. The summed E-state index contributed by atoms with van der Waals surface area (Å²) < 4.78 is 7.54. The molecule has 4 nitrogen and oxygen atoms in total. The maximum atomic E-state index is 5.73. The Morgan fingerprint density at radius 2 is 0.506 bits per heavy atom. The zero-order valence-electron chi connectivity index (χ0n) is 47.5. The molecular weight excluding hydrogens is 1050 g/mol. The van der Waals surface area contributed by atoms with Crippen LogP contribution in [0.15, 0.2) is 328 Å². The molecule has 0 saturated heterocycles. The van der Waals surface area contributed by atoms with Crippen molar-refractivity contribution in [3.05, 3.63) is 328 Å². The van der Waals surface area contributed by atoms with Gasteiger partial charge in [-0.15, -0.1) is 0 Å². The van der Waals surface area contributed by atoms with Crippen LogP contribution in [0.5, 0.6) is 0 Å². The Morgan fingerprint density at radius 1 is 0.184 bits per heavy atom. The zero-order valence-corrected chi connectivity index (χ0v) is 47.5. The molecule has 0 N–H and O–H groups in total. The van der Waals surface area contributed by atoms with Crippen LogP contribution in [0.4, 0.5) is 0 Å². The van der Waals surface area contributed by atoms with E-state index in [0.29, 0.717) is 0 Å². The summed E-state index contributed by atoms with van der Waals surface area (Å²) in [6.07, 6.45) is 0. The van der Waals surface area contributed by atoms with Crippen molar-refractivity contribution >= 4 is 65.4 Å². The fourth-order valence-corrected chi connectivity index (χ4v) is 13.7. The summed E-state index contributed by atoms with van der Waals surface area (Å²) in [4.78, 5) is 5.73. The molecule has 0 saturated carbocycles. The van der Waals surface area contributed by atoms with Crippen molar-refractivity contribution < 1.29 is 0 Å². The molecule has 13 aromatic carbocycles. The monoisotopic (exact) mass is 1110 g/mol. The summed E-state index contributed by atoms with van der Waals surface area (Å²) in [7, 11) is 0. The predicted molar refractivity (Wildman–Crippen MR) is 365 cm³/mol. The number of benzene rings is 13. The van der Waals surface area contributed by atoms with E-state index in [2.05, 4.69) is 341 Å². The fraction of sp³-hybridized carbons (Fsp3) is 0. The van der Waals surface area contributed by atoms with E-state index in [4.69, 9.17) is 4.98 Å². The zero-order chi connectivity index (χ0) is 57.4. The van der Waals surface area contributed by atoms with Crippen LogP contribution in [-0.2, 0) is 0 Å². The first-order valence-corrected chi connectivity index (χ1v) is 29.9. The average Bonchev–Trinajstić information content (AvgIpc) is 1.79. The SMILES string of the molecule is c1ccc(-c2cc(-c3ccccc3)nc(-c3cc(-c4ccccc4-n4c5ccccc5c5ccccc54)c(-n4c5ccc(-c6ccccc6)cc5c5cc(-c6ccccc6)ccc54)c(-c4ccccc4-n4c5ccccc5c5ccccc54)c3)c2)cc1. The molecule has 4 heterocycles. The Bertz CT molecular complexity index is 5060. The molecule has 0 amide bonds. The van der Waals surface area contributed by atoms with Gasteiger partial charge in [0.25, 0.3) is 0 Å². The highest BCUT2D eigenvalue weighted by molar-refractivity contribution is 6.15. The highest BCUT2D eigenvalue weighted by Crippen LogP contribution is 2.49. The van der Waals surface area contributed by atoms with Gasteiger partial charge in [0.15, 0.2) is 0 Å². The molecule has 4 aromatic heterocycles. The maximum Gasteiger partial charge on any atom is 0.0716 e. The number of fused-ring (bicyclic) bond motifs is 9. The molecule has 0 bridgehead atoms. The molecule has 0 fully saturated rings. The molecule has 0 atom stereocenters. The standard InChI is InChI=1S/C83H54N4/c1-5-25-55(26-6-1)59-45-47-81-69(49-59)70-50-60(56-27-7-2-8-28-56)46-48-82(70)87(81)83-71(67-37-17-23-43-79(67)85-75-39-19-13-33-63(75)64-34-14-20-40-76(64)85)51-62(74-54-61(57-29-9-3-10-30-57)53-73(84-74)58-31-11-4-12-32-58)52-72(83)68-38-18-24-44-80(68)86-77-41-21-15-35-65(77)66-36-16-22-42-78(66)86/h1-54H. The molecule has 0 spiro atoms.